The summed E-state index contributed by atoms with van der Waals surface area (Å²) in [7, 11) is 1.69. The van der Waals surface area contributed by atoms with Crippen LogP contribution in [0.1, 0.15) is 17.2 Å². The van der Waals surface area contributed by atoms with Crippen molar-refractivity contribution in [3.8, 4) is 39.7 Å². The van der Waals surface area contributed by atoms with Crippen LogP contribution in [0.25, 0.3) is 33.9 Å². The lowest BCUT2D eigenvalue weighted by molar-refractivity contribution is 0.415. The van der Waals surface area contributed by atoms with Crippen molar-refractivity contribution in [2.24, 2.45) is 0 Å². The van der Waals surface area contributed by atoms with E-state index in [-0.39, 0.29) is 6.04 Å². The van der Waals surface area contributed by atoms with E-state index in [9.17, 15) is 0 Å². The molecule has 0 aliphatic rings. The SMILES string of the molecule is COc1ccc(-c2nc(-c3ccccc3)n(C(c3ccccc3)c3ccccc3)c2-c2ccccc2)cc1. The van der Waals surface area contributed by atoms with Gasteiger partial charge in [0.1, 0.15) is 11.6 Å². The number of methoxy groups -OCH3 is 1. The highest BCUT2D eigenvalue weighted by Gasteiger charge is 2.28. The van der Waals surface area contributed by atoms with Gasteiger partial charge in [-0.3, -0.25) is 0 Å². The molecule has 38 heavy (non-hydrogen) atoms. The molecule has 0 unspecified atom stereocenters. The molecular formula is C35H28N2O. The van der Waals surface area contributed by atoms with E-state index in [4.69, 9.17) is 9.72 Å². The Balaban J connectivity index is 1.72. The van der Waals surface area contributed by atoms with E-state index in [1.54, 1.807) is 7.11 Å². The molecule has 0 fully saturated rings. The molecule has 6 rings (SSSR count). The Morgan fingerprint density at radius 3 is 1.50 bits per heavy atom. The summed E-state index contributed by atoms with van der Waals surface area (Å²) in [6, 6.07) is 50.5. The molecule has 6 aromatic rings. The van der Waals surface area contributed by atoms with Crippen LogP contribution in [-0.2, 0) is 0 Å². The quantitative estimate of drug-likeness (QED) is 0.223. The lowest BCUT2D eigenvalue weighted by atomic mass is 9.96. The van der Waals surface area contributed by atoms with Crippen LogP contribution >= 0.6 is 0 Å². The van der Waals surface area contributed by atoms with E-state index < -0.39 is 0 Å². The van der Waals surface area contributed by atoms with Crippen LogP contribution in [0.2, 0.25) is 0 Å². The number of nitrogens with zero attached hydrogens (tertiary/aromatic N) is 2. The van der Waals surface area contributed by atoms with Gasteiger partial charge in [-0.2, -0.15) is 0 Å². The molecule has 1 heterocycles. The molecule has 184 valence electrons. The molecule has 0 aliphatic carbocycles. The molecule has 0 saturated heterocycles. The molecule has 0 aliphatic heterocycles. The third-order valence-electron chi connectivity index (χ3n) is 6.84. The molecule has 1 aromatic heterocycles. The van der Waals surface area contributed by atoms with Gasteiger partial charge >= 0.3 is 0 Å². The smallest absolute Gasteiger partial charge is 0.142 e. The number of hydrogen-bond donors (Lipinski definition) is 0. The number of ether oxygens (including phenoxy) is 1. The molecule has 0 N–H and O–H groups in total. The first kappa shape index (κ1) is 23.5. The van der Waals surface area contributed by atoms with E-state index in [0.29, 0.717) is 0 Å². The van der Waals surface area contributed by atoms with Crippen molar-refractivity contribution in [3.05, 3.63) is 157 Å². The van der Waals surface area contributed by atoms with Crippen molar-refractivity contribution in [1.82, 2.24) is 9.55 Å². The van der Waals surface area contributed by atoms with E-state index >= 15 is 0 Å². The Bertz CT molecular complexity index is 1570. The molecule has 5 aromatic carbocycles. The Kier molecular flexibility index (Phi) is 6.57. The zero-order chi connectivity index (χ0) is 25.7. The van der Waals surface area contributed by atoms with E-state index in [2.05, 4.69) is 132 Å². The highest BCUT2D eigenvalue weighted by Crippen LogP contribution is 2.42. The van der Waals surface area contributed by atoms with Gasteiger partial charge in [-0.1, -0.05) is 121 Å². The largest absolute Gasteiger partial charge is 0.497 e. The zero-order valence-electron chi connectivity index (χ0n) is 21.2. The van der Waals surface area contributed by atoms with Crippen molar-refractivity contribution in [1.29, 1.82) is 0 Å². The minimum Gasteiger partial charge on any atom is -0.497 e. The molecule has 0 amide bonds. The summed E-state index contributed by atoms with van der Waals surface area (Å²) in [5.41, 5.74) is 7.65. The van der Waals surface area contributed by atoms with Crippen LogP contribution in [0.15, 0.2) is 146 Å². The predicted octanol–water partition coefficient (Wildman–Crippen LogP) is 8.53. The molecule has 0 atom stereocenters. The van der Waals surface area contributed by atoms with Crippen molar-refractivity contribution < 1.29 is 4.74 Å². The van der Waals surface area contributed by atoms with Gasteiger partial charge in [0, 0.05) is 16.7 Å². The number of benzene rings is 5. The van der Waals surface area contributed by atoms with Gasteiger partial charge < -0.3 is 9.30 Å². The lowest BCUT2D eigenvalue weighted by Crippen LogP contribution is -2.15. The third-order valence-corrected chi connectivity index (χ3v) is 6.84. The number of aromatic nitrogens is 2. The first-order valence-electron chi connectivity index (χ1n) is 12.8. The number of imidazole rings is 1. The van der Waals surface area contributed by atoms with Gasteiger partial charge in [-0.05, 0) is 35.4 Å². The van der Waals surface area contributed by atoms with Crippen LogP contribution in [-0.4, -0.2) is 16.7 Å². The van der Waals surface area contributed by atoms with Crippen LogP contribution in [0.5, 0.6) is 5.75 Å². The molecule has 3 heteroatoms. The fourth-order valence-corrected chi connectivity index (χ4v) is 5.06. The molecular weight excluding hydrogens is 464 g/mol. The third kappa shape index (κ3) is 4.51. The van der Waals surface area contributed by atoms with Crippen molar-refractivity contribution in [2.45, 2.75) is 6.04 Å². The highest BCUT2D eigenvalue weighted by molar-refractivity contribution is 5.83. The standard InChI is InChI=1S/C35H28N2O/c1-38-31-24-22-26(23-25-31)32-34(29-18-10-4-11-19-29)37(35(36-32)30-20-12-5-13-21-30)33(27-14-6-2-7-15-27)28-16-8-3-9-17-28/h2-25,33H,1H3. The van der Waals surface area contributed by atoms with Crippen LogP contribution in [0.3, 0.4) is 0 Å². The Morgan fingerprint density at radius 1 is 0.526 bits per heavy atom. The predicted molar refractivity (Wildman–Crippen MR) is 155 cm³/mol. The maximum atomic E-state index is 5.45. The summed E-state index contributed by atoms with van der Waals surface area (Å²) in [6.07, 6.45) is 0. The summed E-state index contributed by atoms with van der Waals surface area (Å²) in [6.45, 7) is 0. The van der Waals surface area contributed by atoms with Crippen molar-refractivity contribution in [2.75, 3.05) is 7.11 Å². The highest BCUT2D eigenvalue weighted by atomic mass is 16.5. The molecule has 3 nitrogen and oxygen atoms in total. The summed E-state index contributed by atoms with van der Waals surface area (Å²) in [5.74, 6) is 1.75. The fraction of sp³-hybridized carbons (Fsp3) is 0.0571. The summed E-state index contributed by atoms with van der Waals surface area (Å²) >= 11 is 0. The molecule has 0 spiro atoms. The summed E-state index contributed by atoms with van der Waals surface area (Å²) < 4.78 is 7.86. The number of rotatable bonds is 7. The molecule has 0 bridgehead atoms. The van der Waals surface area contributed by atoms with E-state index in [1.165, 1.54) is 11.1 Å². The van der Waals surface area contributed by atoms with Gasteiger partial charge in [-0.15, -0.1) is 0 Å². The topological polar surface area (TPSA) is 27.1 Å². The molecule has 0 radical (unpaired) electrons. The van der Waals surface area contributed by atoms with E-state index in [1.807, 2.05) is 18.2 Å². The minimum atomic E-state index is -0.0812. The maximum absolute atomic E-state index is 5.45. The molecule has 0 saturated carbocycles. The monoisotopic (exact) mass is 492 g/mol. The summed E-state index contributed by atoms with van der Waals surface area (Å²) in [5, 5.41) is 0. The second-order valence-electron chi connectivity index (χ2n) is 9.19. The maximum Gasteiger partial charge on any atom is 0.142 e. The Labute approximate surface area is 223 Å². The average Bonchev–Trinajstić information content (AvgIpc) is 3.39. The van der Waals surface area contributed by atoms with E-state index in [0.717, 1.165) is 39.7 Å². The number of hydrogen-bond acceptors (Lipinski definition) is 2. The van der Waals surface area contributed by atoms with Crippen molar-refractivity contribution in [3.63, 3.8) is 0 Å². The van der Waals surface area contributed by atoms with Crippen LogP contribution in [0, 0.1) is 0 Å². The fourth-order valence-electron chi connectivity index (χ4n) is 5.06. The van der Waals surface area contributed by atoms with Gasteiger partial charge in [0.2, 0.25) is 0 Å². The van der Waals surface area contributed by atoms with Crippen molar-refractivity contribution >= 4 is 0 Å². The summed E-state index contributed by atoms with van der Waals surface area (Å²) in [4.78, 5) is 5.38. The zero-order valence-corrected chi connectivity index (χ0v) is 21.2. The van der Waals surface area contributed by atoms with Gasteiger partial charge in [0.25, 0.3) is 0 Å². The second-order valence-corrected chi connectivity index (χ2v) is 9.19. The van der Waals surface area contributed by atoms with Gasteiger partial charge in [-0.25, -0.2) is 4.98 Å². The lowest BCUT2D eigenvalue weighted by Gasteiger charge is -2.25. The second kappa shape index (κ2) is 10.6. The Morgan fingerprint density at radius 2 is 1.00 bits per heavy atom. The van der Waals surface area contributed by atoms with Gasteiger partial charge in [0.05, 0.1) is 24.5 Å². The minimum absolute atomic E-state index is 0.0812. The first-order chi connectivity index (χ1) is 18.8. The first-order valence-corrected chi connectivity index (χ1v) is 12.8. The van der Waals surface area contributed by atoms with Crippen LogP contribution in [0.4, 0.5) is 0 Å². The van der Waals surface area contributed by atoms with Gasteiger partial charge in [0.15, 0.2) is 0 Å². The normalized spacial score (nSPS) is 11.0. The Hall–Kier alpha value is -4.89. The average molecular weight is 493 g/mol. The van der Waals surface area contributed by atoms with Crippen LogP contribution < -0.4 is 4.74 Å².